The number of nitrogens with one attached hydrogen (secondary N) is 1. The first-order chi connectivity index (χ1) is 13.0. The number of anilines is 1. The minimum absolute atomic E-state index is 0.202. The first kappa shape index (κ1) is 20.0. The van der Waals surface area contributed by atoms with Crippen molar-refractivity contribution < 1.29 is 9.53 Å². The number of hydrogen-bond donors (Lipinski definition) is 2. The van der Waals surface area contributed by atoms with Gasteiger partial charge in [-0.2, -0.15) is 5.26 Å². The van der Waals surface area contributed by atoms with Crippen molar-refractivity contribution in [3.05, 3.63) is 52.7 Å². The first-order valence-corrected chi connectivity index (χ1v) is 9.32. The Morgan fingerprint density at radius 1 is 1.29 bits per heavy atom. The summed E-state index contributed by atoms with van der Waals surface area (Å²) in [6, 6.07) is 10.3. The summed E-state index contributed by atoms with van der Waals surface area (Å²) >= 11 is 6.12. The molecule has 146 valence electrons. The average Bonchev–Trinajstić information content (AvgIpc) is 2.62. The number of benzene rings is 1. The van der Waals surface area contributed by atoms with Crippen LogP contribution in [0, 0.1) is 16.7 Å². The van der Waals surface area contributed by atoms with E-state index in [0.29, 0.717) is 34.1 Å². The number of nitriles is 1. The number of nitrogens with two attached hydrogens (primary N) is 1. The van der Waals surface area contributed by atoms with E-state index in [1.54, 1.807) is 30.3 Å². The summed E-state index contributed by atoms with van der Waals surface area (Å²) in [5, 5.41) is 12.5. The molecule has 1 aliphatic carbocycles. The molecule has 1 aliphatic rings. The highest BCUT2D eigenvalue weighted by Gasteiger charge is 2.67. The van der Waals surface area contributed by atoms with E-state index in [9.17, 15) is 4.79 Å². The third-order valence-electron chi connectivity index (χ3n) is 6.23. The van der Waals surface area contributed by atoms with E-state index in [0.717, 1.165) is 0 Å². The lowest BCUT2D eigenvalue weighted by Gasteiger charge is -2.65. The fourth-order valence-corrected chi connectivity index (χ4v) is 3.94. The van der Waals surface area contributed by atoms with Gasteiger partial charge in [0.25, 0.3) is 5.91 Å². The summed E-state index contributed by atoms with van der Waals surface area (Å²) in [7, 11) is 0. The Morgan fingerprint density at radius 3 is 2.54 bits per heavy atom. The summed E-state index contributed by atoms with van der Waals surface area (Å²) in [6.07, 6.45) is 2.08. The molecule has 1 amide bonds. The minimum Gasteiger partial charge on any atom is -0.487 e. The Hall–Kier alpha value is -2.78. The number of aromatic nitrogens is 1. The zero-order valence-corrected chi connectivity index (χ0v) is 17.1. The molecule has 1 aromatic carbocycles. The number of nitrogen functional groups attached to an aromatic ring is 1. The van der Waals surface area contributed by atoms with Gasteiger partial charge in [-0.05, 0) is 38.1 Å². The summed E-state index contributed by atoms with van der Waals surface area (Å²) in [6.45, 7) is 8.14. The maximum absolute atomic E-state index is 12.7. The molecule has 0 saturated heterocycles. The number of halogens is 1. The van der Waals surface area contributed by atoms with Crippen LogP contribution in [-0.4, -0.2) is 22.0 Å². The fraction of sp³-hybridized carbons (Fsp3) is 0.381. The maximum atomic E-state index is 12.7. The van der Waals surface area contributed by atoms with E-state index < -0.39 is 11.1 Å². The quantitative estimate of drug-likeness (QED) is 0.812. The minimum atomic E-state index is -0.522. The normalized spacial score (nSPS) is 25.3. The molecule has 3 N–H and O–H groups in total. The standard InChI is InChI=1S/C21H23ClN4O2/c1-19(2)20(3,26-18(27)14-6-8-17(24)25-11-14)12-21(19,4)28-15-7-5-13(10-23)16(22)9-15/h5-9,11H,12H2,1-4H3,(H2,24,25)(H,26,27). The van der Waals surface area contributed by atoms with Crippen LogP contribution in [0.2, 0.25) is 5.02 Å². The molecule has 0 radical (unpaired) electrons. The molecule has 1 heterocycles. The van der Waals surface area contributed by atoms with E-state index >= 15 is 0 Å². The van der Waals surface area contributed by atoms with Crippen molar-refractivity contribution in [2.24, 2.45) is 5.41 Å². The van der Waals surface area contributed by atoms with Crippen LogP contribution in [0.15, 0.2) is 36.5 Å². The van der Waals surface area contributed by atoms with Crippen molar-refractivity contribution in [2.75, 3.05) is 5.73 Å². The monoisotopic (exact) mass is 398 g/mol. The van der Waals surface area contributed by atoms with E-state index in [-0.39, 0.29) is 11.3 Å². The van der Waals surface area contributed by atoms with Crippen molar-refractivity contribution in [3.63, 3.8) is 0 Å². The van der Waals surface area contributed by atoms with Gasteiger partial charge in [-0.1, -0.05) is 25.4 Å². The predicted molar refractivity (Wildman–Crippen MR) is 108 cm³/mol. The van der Waals surface area contributed by atoms with Crippen LogP contribution in [0.1, 0.15) is 50.0 Å². The average molecular weight is 399 g/mol. The van der Waals surface area contributed by atoms with Gasteiger partial charge in [0.05, 0.1) is 21.7 Å². The lowest BCUT2D eigenvalue weighted by Crippen LogP contribution is -2.77. The zero-order chi connectivity index (χ0) is 20.7. The number of hydrogen-bond acceptors (Lipinski definition) is 5. The number of pyridine rings is 1. The van der Waals surface area contributed by atoms with Crippen LogP contribution in [-0.2, 0) is 0 Å². The number of ether oxygens (including phenoxy) is 1. The first-order valence-electron chi connectivity index (χ1n) is 8.94. The third-order valence-corrected chi connectivity index (χ3v) is 6.55. The predicted octanol–water partition coefficient (Wildman–Crippen LogP) is 3.94. The van der Waals surface area contributed by atoms with Crippen molar-refractivity contribution in [3.8, 4) is 11.8 Å². The number of nitrogens with zero attached hydrogens (tertiary/aromatic N) is 2. The Kier molecular flexibility index (Phi) is 4.76. The van der Waals surface area contributed by atoms with Crippen molar-refractivity contribution >= 4 is 23.3 Å². The fourth-order valence-electron chi connectivity index (χ4n) is 3.73. The van der Waals surface area contributed by atoms with E-state index in [4.69, 9.17) is 27.3 Å². The largest absolute Gasteiger partial charge is 0.487 e. The molecule has 1 fully saturated rings. The lowest BCUT2D eigenvalue weighted by atomic mass is 9.48. The van der Waals surface area contributed by atoms with E-state index in [2.05, 4.69) is 24.1 Å². The number of carbonyl (C=O) groups excluding carboxylic acids is 1. The molecule has 0 bridgehead atoms. The molecule has 3 rings (SSSR count). The SMILES string of the molecule is CC1(NC(=O)c2ccc(N)nc2)CC(C)(Oc2ccc(C#N)c(Cl)c2)C1(C)C. The van der Waals surface area contributed by atoms with Crippen molar-refractivity contribution in [2.45, 2.75) is 45.3 Å². The molecule has 1 aromatic heterocycles. The van der Waals surface area contributed by atoms with Crippen LogP contribution < -0.4 is 15.8 Å². The molecule has 2 atom stereocenters. The van der Waals surface area contributed by atoms with Gasteiger partial charge < -0.3 is 15.8 Å². The Morgan fingerprint density at radius 2 is 2.00 bits per heavy atom. The zero-order valence-electron chi connectivity index (χ0n) is 16.3. The highest BCUT2D eigenvalue weighted by atomic mass is 35.5. The van der Waals surface area contributed by atoms with Gasteiger partial charge in [-0.25, -0.2) is 4.98 Å². The molecule has 7 heteroatoms. The van der Waals surface area contributed by atoms with Gasteiger partial charge in [-0.15, -0.1) is 0 Å². The highest BCUT2D eigenvalue weighted by molar-refractivity contribution is 6.31. The molecule has 2 unspecified atom stereocenters. The topological polar surface area (TPSA) is 101 Å². The molecule has 0 spiro atoms. The second-order valence-corrected chi connectivity index (χ2v) is 8.55. The van der Waals surface area contributed by atoms with Gasteiger partial charge in [0.2, 0.25) is 0 Å². The Labute approximate surface area is 169 Å². The summed E-state index contributed by atoms with van der Waals surface area (Å²) < 4.78 is 6.26. The van der Waals surface area contributed by atoms with Gasteiger partial charge in [0.1, 0.15) is 23.2 Å². The Bertz CT molecular complexity index is 967. The molecule has 1 saturated carbocycles. The third kappa shape index (κ3) is 3.16. The number of rotatable bonds is 4. The van der Waals surface area contributed by atoms with E-state index in [1.165, 1.54) is 6.20 Å². The molecule has 6 nitrogen and oxygen atoms in total. The molecule has 28 heavy (non-hydrogen) atoms. The second kappa shape index (κ2) is 6.68. The van der Waals surface area contributed by atoms with Gasteiger partial charge in [-0.3, -0.25) is 4.79 Å². The maximum Gasteiger partial charge on any atom is 0.253 e. The van der Waals surface area contributed by atoms with Gasteiger partial charge >= 0.3 is 0 Å². The lowest BCUT2D eigenvalue weighted by molar-refractivity contribution is -0.180. The molecule has 0 aliphatic heterocycles. The Balaban J connectivity index is 1.76. The van der Waals surface area contributed by atoms with E-state index in [1.807, 2.05) is 19.9 Å². The summed E-state index contributed by atoms with van der Waals surface area (Å²) in [5.74, 6) is 0.760. The van der Waals surface area contributed by atoms with Crippen LogP contribution in [0.5, 0.6) is 5.75 Å². The van der Waals surface area contributed by atoms with Crippen molar-refractivity contribution in [1.29, 1.82) is 5.26 Å². The molecular formula is C21H23ClN4O2. The second-order valence-electron chi connectivity index (χ2n) is 8.15. The summed E-state index contributed by atoms with van der Waals surface area (Å²) in [4.78, 5) is 16.6. The number of amides is 1. The smallest absolute Gasteiger partial charge is 0.253 e. The summed E-state index contributed by atoms with van der Waals surface area (Å²) in [5.41, 5.74) is 5.07. The highest BCUT2D eigenvalue weighted by Crippen LogP contribution is 2.58. The van der Waals surface area contributed by atoms with Gasteiger partial charge in [0.15, 0.2) is 0 Å². The number of carbonyl (C=O) groups is 1. The van der Waals surface area contributed by atoms with Crippen LogP contribution in [0.4, 0.5) is 5.82 Å². The molecular weight excluding hydrogens is 376 g/mol. The molecule has 2 aromatic rings. The van der Waals surface area contributed by atoms with Crippen molar-refractivity contribution in [1.82, 2.24) is 10.3 Å². The van der Waals surface area contributed by atoms with Gasteiger partial charge in [0, 0.05) is 24.1 Å². The van der Waals surface area contributed by atoms with Crippen LogP contribution >= 0.6 is 11.6 Å². The van der Waals surface area contributed by atoms with Crippen LogP contribution in [0.25, 0.3) is 0 Å². The van der Waals surface area contributed by atoms with Crippen LogP contribution in [0.3, 0.4) is 0 Å².